The summed E-state index contributed by atoms with van der Waals surface area (Å²) in [6, 6.07) is 6.39. The van der Waals surface area contributed by atoms with Crippen molar-refractivity contribution < 1.29 is 14.0 Å². The Morgan fingerprint density at radius 2 is 1.97 bits per heavy atom. The largest absolute Gasteiger partial charge is 0.496 e. The zero-order valence-corrected chi connectivity index (χ0v) is 21.3. The predicted molar refractivity (Wildman–Crippen MR) is 136 cm³/mol. The number of hydrogen-bond acceptors (Lipinski definition) is 7. The van der Waals surface area contributed by atoms with Crippen LogP contribution in [0.2, 0.25) is 0 Å². The Bertz CT molecular complexity index is 1570. The normalized spacial score (nSPS) is 13.8. The first-order valence-electron chi connectivity index (χ1n) is 12.3. The lowest BCUT2D eigenvalue weighted by molar-refractivity contribution is 0.200. The minimum Gasteiger partial charge on any atom is -0.496 e. The minimum atomic E-state index is 0.562. The van der Waals surface area contributed by atoms with Gasteiger partial charge in [-0.05, 0) is 44.9 Å². The average molecular weight is 487 g/mol. The maximum absolute atomic E-state index is 5.84. The molecule has 1 fully saturated rings. The summed E-state index contributed by atoms with van der Waals surface area (Å²) >= 11 is 0. The maximum atomic E-state index is 5.84. The second-order valence-electron chi connectivity index (χ2n) is 9.61. The predicted octanol–water partition coefficient (Wildman–Crippen LogP) is 4.78. The lowest BCUT2D eigenvalue weighted by Crippen LogP contribution is -2.07. The summed E-state index contributed by atoms with van der Waals surface area (Å²) in [5.41, 5.74) is 7.77. The molecule has 0 atom stereocenters. The van der Waals surface area contributed by atoms with E-state index in [9.17, 15) is 0 Å². The number of aromatic nitrogens is 6. The number of nitrogens with one attached hydrogen (secondary N) is 1. The molecule has 1 aliphatic carbocycles. The topological polar surface area (TPSA) is 104 Å². The van der Waals surface area contributed by atoms with Crippen molar-refractivity contribution in [2.24, 2.45) is 7.05 Å². The Labute approximate surface area is 208 Å². The molecule has 1 aromatic carbocycles. The van der Waals surface area contributed by atoms with Gasteiger partial charge in [0.25, 0.3) is 0 Å². The van der Waals surface area contributed by atoms with Crippen LogP contribution in [0, 0.1) is 13.8 Å². The van der Waals surface area contributed by atoms with E-state index in [1.54, 1.807) is 14.2 Å². The molecule has 4 aromatic heterocycles. The monoisotopic (exact) mass is 486 g/mol. The van der Waals surface area contributed by atoms with E-state index in [2.05, 4.69) is 28.3 Å². The van der Waals surface area contributed by atoms with E-state index in [0.29, 0.717) is 25.4 Å². The zero-order valence-electron chi connectivity index (χ0n) is 21.3. The molecular formula is C27H30N6O3. The van der Waals surface area contributed by atoms with Gasteiger partial charge in [0.05, 0.1) is 36.4 Å². The van der Waals surface area contributed by atoms with Crippen LogP contribution >= 0.6 is 0 Å². The van der Waals surface area contributed by atoms with E-state index in [0.717, 1.165) is 67.5 Å². The second kappa shape index (κ2) is 8.74. The van der Waals surface area contributed by atoms with Gasteiger partial charge in [0, 0.05) is 60.5 Å². The van der Waals surface area contributed by atoms with Crippen molar-refractivity contribution in [2.45, 2.75) is 45.4 Å². The van der Waals surface area contributed by atoms with Crippen LogP contribution < -0.4 is 4.74 Å². The Kier molecular flexibility index (Phi) is 5.52. The third-order valence-corrected chi connectivity index (χ3v) is 7.06. The highest BCUT2D eigenvalue weighted by Gasteiger charge is 2.27. The van der Waals surface area contributed by atoms with Crippen LogP contribution in [-0.4, -0.2) is 50.7 Å². The Morgan fingerprint density at radius 1 is 1.14 bits per heavy atom. The molecule has 6 rings (SSSR count). The maximum Gasteiger partial charge on any atom is 0.142 e. The van der Waals surface area contributed by atoms with Crippen molar-refractivity contribution in [1.82, 2.24) is 29.9 Å². The molecule has 0 bridgehead atoms. The molecular weight excluding hydrogens is 456 g/mol. The molecule has 0 aliphatic heterocycles. The molecule has 1 saturated carbocycles. The first kappa shape index (κ1) is 22.7. The highest BCUT2D eigenvalue weighted by atomic mass is 16.5. The number of methoxy groups -OCH3 is 2. The molecule has 36 heavy (non-hydrogen) atoms. The molecule has 186 valence electrons. The number of hydrogen-bond donors (Lipinski definition) is 1. The molecule has 0 spiro atoms. The summed E-state index contributed by atoms with van der Waals surface area (Å²) in [5, 5.41) is 10.9. The van der Waals surface area contributed by atoms with Crippen molar-refractivity contribution >= 4 is 21.9 Å². The number of aromatic amines is 1. The van der Waals surface area contributed by atoms with Gasteiger partial charge in [0.2, 0.25) is 0 Å². The zero-order chi connectivity index (χ0) is 25.0. The van der Waals surface area contributed by atoms with Crippen molar-refractivity contribution in [3.63, 3.8) is 0 Å². The van der Waals surface area contributed by atoms with Gasteiger partial charge in [-0.1, -0.05) is 5.16 Å². The third-order valence-electron chi connectivity index (χ3n) is 7.06. The number of aryl methyl sites for hydroxylation is 3. The van der Waals surface area contributed by atoms with E-state index in [4.69, 9.17) is 29.1 Å². The number of H-pyrrole nitrogens is 1. The van der Waals surface area contributed by atoms with E-state index in [1.165, 1.54) is 18.5 Å². The quantitative estimate of drug-likeness (QED) is 0.336. The van der Waals surface area contributed by atoms with Gasteiger partial charge in [-0.25, -0.2) is 9.97 Å². The highest BCUT2D eigenvalue weighted by Crippen LogP contribution is 2.41. The number of fused-ring (bicyclic) bond motifs is 3. The van der Waals surface area contributed by atoms with Gasteiger partial charge in [0.1, 0.15) is 23.0 Å². The minimum absolute atomic E-state index is 0.562. The van der Waals surface area contributed by atoms with E-state index >= 15 is 0 Å². The van der Waals surface area contributed by atoms with Crippen molar-refractivity contribution in [3.05, 3.63) is 52.6 Å². The Balaban J connectivity index is 1.54. The van der Waals surface area contributed by atoms with Crippen LogP contribution in [0.3, 0.4) is 0 Å². The standard InChI is InChI=1S/C27H30N6O3/c1-14-25(15(2)36-32-14)19-12-21-18(13-23(19)35-5)26-22(28-24(8-9-34-4)30-27(26)29-21)11-17-10-20(16-6-7-16)31-33(17)3/h10,12-13,16H,6-9,11H2,1-5H3,(H,28,29,30). The van der Waals surface area contributed by atoms with Crippen LogP contribution in [0.4, 0.5) is 0 Å². The van der Waals surface area contributed by atoms with Crippen LogP contribution in [-0.2, 0) is 24.6 Å². The molecule has 0 radical (unpaired) electrons. The van der Waals surface area contributed by atoms with Crippen molar-refractivity contribution in [3.8, 4) is 16.9 Å². The second-order valence-corrected chi connectivity index (χ2v) is 9.61. The first-order chi connectivity index (χ1) is 17.5. The molecule has 4 heterocycles. The van der Waals surface area contributed by atoms with Gasteiger partial charge in [-0.3, -0.25) is 4.68 Å². The molecule has 9 nitrogen and oxygen atoms in total. The summed E-state index contributed by atoms with van der Waals surface area (Å²) in [6.07, 6.45) is 3.76. The van der Waals surface area contributed by atoms with Crippen molar-refractivity contribution in [2.75, 3.05) is 20.8 Å². The molecule has 1 N–H and O–H groups in total. The van der Waals surface area contributed by atoms with Gasteiger partial charge in [-0.15, -0.1) is 0 Å². The fourth-order valence-electron chi connectivity index (χ4n) is 5.06. The molecule has 0 saturated heterocycles. The van der Waals surface area contributed by atoms with Gasteiger partial charge in [0.15, 0.2) is 0 Å². The molecule has 0 amide bonds. The number of benzene rings is 1. The molecule has 1 aliphatic rings. The number of rotatable bonds is 8. The van der Waals surface area contributed by atoms with Crippen LogP contribution in [0.15, 0.2) is 22.7 Å². The average Bonchev–Trinajstić information content (AvgIpc) is 3.45. The smallest absolute Gasteiger partial charge is 0.142 e. The Morgan fingerprint density at radius 3 is 2.67 bits per heavy atom. The Hall–Kier alpha value is -3.72. The summed E-state index contributed by atoms with van der Waals surface area (Å²) in [6.45, 7) is 4.42. The van der Waals surface area contributed by atoms with Crippen LogP contribution in [0.1, 0.15) is 53.1 Å². The van der Waals surface area contributed by atoms with Gasteiger partial charge >= 0.3 is 0 Å². The molecule has 0 unspecified atom stereocenters. The number of nitrogens with zero attached hydrogens (tertiary/aromatic N) is 5. The third kappa shape index (κ3) is 3.83. The van der Waals surface area contributed by atoms with Crippen LogP contribution in [0.25, 0.3) is 33.1 Å². The number of ether oxygens (including phenoxy) is 2. The van der Waals surface area contributed by atoms with Gasteiger partial charge in [-0.2, -0.15) is 5.10 Å². The lowest BCUT2D eigenvalue weighted by atomic mass is 10.00. The summed E-state index contributed by atoms with van der Waals surface area (Å²) in [4.78, 5) is 13.4. The van der Waals surface area contributed by atoms with E-state index in [-0.39, 0.29) is 0 Å². The fourth-order valence-corrected chi connectivity index (χ4v) is 5.06. The fraction of sp³-hybridized carbons (Fsp3) is 0.407. The summed E-state index contributed by atoms with van der Waals surface area (Å²) in [5.74, 6) is 2.87. The summed E-state index contributed by atoms with van der Waals surface area (Å²) < 4.78 is 18.6. The first-order valence-corrected chi connectivity index (χ1v) is 12.3. The van der Waals surface area contributed by atoms with Crippen LogP contribution in [0.5, 0.6) is 5.75 Å². The summed E-state index contributed by atoms with van der Waals surface area (Å²) in [7, 11) is 5.40. The molecule has 9 heteroatoms. The SMILES string of the molecule is COCCc1nc(Cc2cc(C3CC3)nn2C)c2c(n1)[nH]c1cc(-c3c(C)noc3C)c(OC)cc12. The van der Waals surface area contributed by atoms with Gasteiger partial charge < -0.3 is 19.0 Å². The van der Waals surface area contributed by atoms with E-state index < -0.39 is 0 Å². The highest BCUT2D eigenvalue weighted by molar-refractivity contribution is 6.09. The lowest BCUT2D eigenvalue weighted by Gasteiger charge is -2.10. The van der Waals surface area contributed by atoms with Crippen molar-refractivity contribution in [1.29, 1.82) is 0 Å². The van der Waals surface area contributed by atoms with E-state index in [1.807, 2.05) is 25.6 Å². The molecule has 5 aromatic rings.